The molecule has 0 aliphatic carbocycles. The van der Waals surface area contributed by atoms with E-state index in [0.29, 0.717) is 22.5 Å². The first-order valence-corrected chi connectivity index (χ1v) is 6.60. The monoisotopic (exact) mass is 299 g/mol. The smallest absolute Gasteiger partial charge is 0.337 e. The molecule has 2 heterocycles. The first-order valence-electron chi connectivity index (χ1n) is 6.60. The van der Waals surface area contributed by atoms with Gasteiger partial charge in [-0.2, -0.15) is 0 Å². The summed E-state index contributed by atoms with van der Waals surface area (Å²) in [4.78, 5) is 23.9. The van der Waals surface area contributed by atoms with Gasteiger partial charge in [-0.15, -0.1) is 0 Å². The van der Waals surface area contributed by atoms with Crippen LogP contribution >= 0.6 is 0 Å². The van der Waals surface area contributed by atoms with E-state index in [2.05, 4.69) is 5.32 Å². The first-order chi connectivity index (χ1) is 10.7. The fourth-order valence-electron chi connectivity index (χ4n) is 2.13. The highest BCUT2D eigenvalue weighted by Crippen LogP contribution is 2.22. The summed E-state index contributed by atoms with van der Waals surface area (Å²) in [6, 6.07) is 9.61. The van der Waals surface area contributed by atoms with Crippen LogP contribution in [0.3, 0.4) is 0 Å². The van der Waals surface area contributed by atoms with Crippen LogP contribution in [-0.4, -0.2) is 13.0 Å². The molecule has 0 bridgehead atoms. The van der Waals surface area contributed by atoms with E-state index in [1.807, 2.05) is 0 Å². The standard InChI is InChI=1S/C16H13NO5/c1-20-10-4-5-12-13(8-15(18)22-14(12)7-10)16(19)17-9-11-3-2-6-21-11/h2-8H,9H2,1H3,(H,17,19). The number of hydrogen-bond donors (Lipinski definition) is 1. The van der Waals surface area contributed by atoms with Gasteiger partial charge in [-0.3, -0.25) is 4.79 Å². The van der Waals surface area contributed by atoms with Crippen LogP contribution in [0.2, 0.25) is 0 Å². The third kappa shape index (κ3) is 2.71. The molecule has 6 nitrogen and oxygen atoms in total. The van der Waals surface area contributed by atoms with Gasteiger partial charge in [-0.1, -0.05) is 0 Å². The fraction of sp³-hybridized carbons (Fsp3) is 0.125. The highest BCUT2D eigenvalue weighted by molar-refractivity contribution is 6.05. The lowest BCUT2D eigenvalue weighted by Crippen LogP contribution is -2.24. The molecule has 3 rings (SSSR count). The Hall–Kier alpha value is -3.02. The summed E-state index contributed by atoms with van der Waals surface area (Å²) >= 11 is 0. The molecule has 6 heteroatoms. The van der Waals surface area contributed by atoms with E-state index in [-0.39, 0.29) is 18.0 Å². The third-order valence-electron chi connectivity index (χ3n) is 3.20. The lowest BCUT2D eigenvalue weighted by atomic mass is 10.1. The Labute approximate surface area is 125 Å². The Morgan fingerprint density at radius 3 is 2.86 bits per heavy atom. The number of carbonyl (C=O) groups is 1. The summed E-state index contributed by atoms with van der Waals surface area (Å²) in [5, 5.41) is 3.24. The van der Waals surface area contributed by atoms with Crippen LogP contribution in [0.1, 0.15) is 16.1 Å². The summed E-state index contributed by atoms with van der Waals surface area (Å²) in [6.07, 6.45) is 1.53. The Kier molecular flexibility index (Phi) is 3.65. The van der Waals surface area contributed by atoms with Crippen molar-refractivity contribution in [2.75, 3.05) is 7.11 Å². The van der Waals surface area contributed by atoms with Crippen LogP contribution in [0.25, 0.3) is 11.0 Å². The van der Waals surface area contributed by atoms with E-state index in [1.54, 1.807) is 30.3 Å². The van der Waals surface area contributed by atoms with Crippen molar-refractivity contribution < 1.29 is 18.4 Å². The van der Waals surface area contributed by atoms with E-state index >= 15 is 0 Å². The molecule has 0 aliphatic heterocycles. The molecule has 0 spiro atoms. The lowest BCUT2D eigenvalue weighted by molar-refractivity contribution is 0.0949. The molecule has 0 aliphatic rings. The van der Waals surface area contributed by atoms with Gasteiger partial charge in [0.1, 0.15) is 17.1 Å². The van der Waals surface area contributed by atoms with Crippen molar-refractivity contribution in [3.8, 4) is 5.75 Å². The van der Waals surface area contributed by atoms with Crippen LogP contribution in [0.15, 0.2) is 56.3 Å². The second kappa shape index (κ2) is 5.77. The number of furan rings is 1. The van der Waals surface area contributed by atoms with Gasteiger partial charge in [0.15, 0.2) is 0 Å². The van der Waals surface area contributed by atoms with E-state index in [1.165, 1.54) is 19.4 Å². The molecule has 2 aromatic heterocycles. The largest absolute Gasteiger partial charge is 0.497 e. The van der Waals surface area contributed by atoms with E-state index in [9.17, 15) is 9.59 Å². The maximum Gasteiger partial charge on any atom is 0.337 e. The number of ether oxygens (including phenoxy) is 1. The number of fused-ring (bicyclic) bond motifs is 1. The predicted molar refractivity (Wildman–Crippen MR) is 78.9 cm³/mol. The van der Waals surface area contributed by atoms with Crippen molar-refractivity contribution in [2.24, 2.45) is 0 Å². The summed E-state index contributed by atoms with van der Waals surface area (Å²) in [6.45, 7) is 0.240. The highest BCUT2D eigenvalue weighted by Gasteiger charge is 2.14. The molecule has 112 valence electrons. The third-order valence-corrected chi connectivity index (χ3v) is 3.20. The zero-order valence-corrected chi connectivity index (χ0v) is 11.8. The number of methoxy groups -OCH3 is 1. The molecule has 1 N–H and O–H groups in total. The minimum atomic E-state index is -0.594. The summed E-state index contributed by atoms with van der Waals surface area (Å²) in [7, 11) is 1.51. The minimum absolute atomic E-state index is 0.240. The van der Waals surface area contributed by atoms with E-state index < -0.39 is 5.63 Å². The molecule has 1 amide bonds. The molecular formula is C16H13NO5. The molecule has 0 fully saturated rings. The van der Waals surface area contributed by atoms with Gasteiger partial charge in [0.05, 0.1) is 25.5 Å². The zero-order chi connectivity index (χ0) is 15.5. The maximum absolute atomic E-state index is 12.3. The predicted octanol–water partition coefficient (Wildman–Crippen LogP) is 2.32. The Bertz CT molecular complexity index is 864. The topological polar surface area (TPSA) is 81.7 Å². The highest BCUT2D eigenvalue weighted by atomic mass is 16.5. The maximum atomic E-state index is 12.3. The summed E-state index contributed by atoms with van der Waals surface area (Å²) in [5.41, 5.74) is -0.0423. The van der Waals surface area contributed by atoms with E-state index in [0.717, 1.165) is 0 Å². The molecule has 0 saturated carbocycles. The van der Waals surface area contributed by atoms with Crippen molar-refractivity contribution in [1.82, 2.24) is 5.32 Å². The lowest BCUT2D eigenvalue weighted by Gasteiger charge is -2.07. The fourth-order valence-corrected chi connectivity index (χ4v) is 2.13. The van der Waals surface area contributed by atoms with E-state index in [4.69, 9.17) is 13.6 Å². The average Bonchev–Trinajstić information content (AvgIpc) is 3.04. The average molecular weight is 299 g/mol. The number of rotatable bonds is 4. The van der Waals surface area contributed by atoms with Crippen molar-refractivity contribution in [2.45, 2.75) is 6.54 Å². The Morgan fingerprint density at radius 1 is 1.27 bits per heavy atom. The van der Waals surface area contributed by atoms with Gasteiger partial charge in [-0.05, 0) is 24.3 Å². The molecule has 1 aromatic carbocycles. The Morgan fingerprint density at radius 2 is 2.14 bits per heavy atom. The second-order valence-electron chi connectivity index (χ2n) is 4.60. The molecule has 0 atom stereocenters. The first kappa shape index (κ1) is 13.9. The molecule has 0 unspecified atom stereocenters. The van der Waals surface area contributed by atoms with Crippen LogP contribution in [-0.2, 0) is 6.54 Å². The van der Waals surface area contributed by atoms with Crippen LogP contribution in [0, 0.1) is 0 Å². The normalized spacial score (nSPS) is 10.6. The summed E-state index contributed by atoms with van der Waals surface area (Å²) < 4.78 is 15.3. The van der Waals surface area contributed by atoms with Crippen LogP contribution in [0.4, 0.5) is 0 Å². The van der Waals surface area contributed by atoms with Crippen LogP contribution < -0.4 is 15.7 Å². The molecule has 22 heavy (non-hydrogen) atoms. The minimum Gasteiger partial charge on any atom is -0.497 e. The molecule has 3 aromatic rings. The SMILES string of the molecule is COc1ccc2c(C(=O)NCc3ccco3)cc(=O)oc2c1. The van der Waals surface area contributed by atoms with Gasteiger partial charge in [0.2, 0.25) is 0 Å². The van der Waals surface area contributed by atoms with Gasteiger partial charge in [-0.25, -0.2) is 4.79 Å². The van der Waals surface area contributed by atoms with Gasteiger partial charge in [0.25, 0.3) is 5.91 Å². The number of carbonyl (C=O) groups excluding carboxylic acids is 1. The van der Waals surface area contributed by atoms with Crippen LogP contribution in [0.5, 0.6) is 5.75 Å². The second-order valence-corrected chi connectivity index (χ2v) is 4.60. The number of hydrogen-bond acceptors (Lipinski definition) is 5. The number of amides is 1. The molecule has 0 saturated heterocycles. The van der Waals surface area contributed by atoms with Crippen molar-refractivity contribution >= 4 is 16.9 Å². The zero-order valence-electron chi connectivity index (χ0n) is 11.8. The summed E-state index contributed by atoms with van der Waals surface area (Å²) in [5.74, 6) is 0.797. The molecule has 0 radical (unpaired) electrons. The van der Waals surface area contributed by atoms with Crippen molar-refractivity contribution in [1.29, 1.82) is 0 Å². The van der Waals surface area contributed by atoms with Gasteiger partial charge in [0, 0.05) is 17.5 Å². The Balaban J connectivity index is 1.95. The van der Waals surface area contributed by atoms with Gasteiger partial charge < -0.3 is 18.9 Å². The van der Waals surface area contributed by atoms with Crippen molar-refractivity contribution in [3.05, 3.63) is 64.4 Å². The quantitative estimate of drug-likeness (QED) is 0.748. The number of nitrogens with one attached hydrogen (secondary N) is 1. The van der Waals surface area contributed by atoms with Gasteiger partial charge >= 0.3 is 5.63 Å². The molecular weight excluding hydrogens is 286 g/mol. The van der Waals surface area contributed by atoms with Crippen molar-refractivity contribution in [3.63, 3.8) is 0 Å². The number of benzene rings is 1.